The van der Waals surface area contributed by atoms with E-state index in [-0.39, 0.29) is 24.2 Å². The minimum atomic E-state index is -0.978. The molecule has 3 atom stereocenters. The Kier molecular flexibility index (Phi) is 6.14. The second-order valence-electron chi connectivity index (χ2n) is 8.29. The van der Waals surface area contributed by atoms with Gasteiger partial charge in [-0.05, 0) is 55.2 Å². The van der Waals surface area contributed by atoms with Crippen molar-refractivity contribution >= 4 is 40.7 Å². The zero-order valence-corrected chi connectivity index (χ0v) is 19.2. The van der Waals surface area contributed by atoms with Crippen LogP contribution in [0.15, 0.2) is 54.1 Å². The molecule has 2 aromatic rings. The first-order valence-corrected chi connectivity index (χ1v) is 11.5. The van der Waals surface area contributed by atoms with Crippen LogP contribution in [0.3, 0.4) is 0 Å². The van der Waals surface area contributed by atoms with E-state index in [1.54, 1.807) is 12.1 Å². The highest BCUT2D eigenvalue weighted by atomic mass is 35.5. The number of hydrogen-bond acceptors (Lipinski definition) is 2. The Morgan fingerprint density at radius 2 is 1.94 bits per heavy atom. The highest BCUT2D eigenvalue weighted by molar-refractivity contribution is 6.31. The van der Waals surface area contributed by atoms with E-state index >= 15 is 0 Å². The molecule has 31 heavy (non-hydrogen) atoms. The Bertz CT molecular complexity index is 1070. The molecule has 1 spiro atoms. The lowest BCUT2D eigenvalue weighted by Gasteiger charge is -2.47. The molecule has 0 unspecified atom stereocenters. The molecule has 2 aliphatic heterocycles. The number of unbranched alkanes of at least 4 members (excludes halogenated alkanes) is 1. The Morgan fingerprint density at radius 1 is 1.16 bits per heavy atom. The lowest BCUT2D eigenvalue weighted by atomic mass is 9.59. The van der Waals surface area contributed by atoms with E-state index in [0.717, 1.165) is 36.0 Å². The number of carbonyl (C=O) groups excluding carboxylic acids is 2. The Morgan fingerprint density at radius 3 is 2.65 bits per heavy atom. The van der Waals surface area contributed by atoms with Gasteiger partial charge in [0.05, 0.1) is 6.04 Å². The van der Waals surface area contributed by atoms with Gasteiger partial charge < -0.3 is 10.6 Å². The third-order valence-corrected chi connectivity index (χ3v) is 7.03. The van der Waals surface area contributed by atoms with Gasteiger partial charge in [-0.15, -0.1) is 0 Å². The molecule has 2 aliphatic rings. The molecule has 162 valence electrons. The maximum absolute atomic E-state index is 13.8. The minimum absolute atomic E-state index is 0.0633. The first-order valence-electron chi connectivity index (χ1n) is 10.7. The number of piperidine rings is 1. The number of anilines is 1. The third kappa shape index (κ3) is 3.66. The molecule has 1 saturated heterocycles. The maximum atomic E-state index is 13.8. The van der Waals surface area contributed by atoms with Crippen LogP contribution in [0, 0.1) is 0 Å². The fourth-order valence-electron chi connectivity index (χ4n) is 5.17. The molecule has 2 aromatic carbocycles. The second kappa shape index (κ2) is 8.68. The molecule has 4 rings (SSSR count). The van der Waals surface area contributed by atoms with Crippen LogP contribution in [0.1, 0.15) is 56.6 Å². The number of benzene rings is 2. The van der Waals surface area contributed by atoms with Gasteiger partial charge in [0.2, 0.25) is 11.8 Å². The van der Waals surface area contributed by atoms with Crippen LogP contribution in [0.2, 0.25) is 10.0 Å². The van der Waals surface area contributed by atoms with Crippen molar-refractivity contribution in [2.75, 3.05) is 5.32 Å². The molecule has 2 N–H and O–H groups in total. The molecule has 2 heterocycles. The van der Waals surface area contributed by atoms with Gasteiger partial charge in [-0.3, -0.25) is 9.59 Å². The summed E-state index contributed by atoms with van der Waals surface area (Å²) in [5, 5.41) is 7.38. The molecular weight excluding hydrogens is 431 g/mol. The summed E-state index contributed by atoms with van der Waals surface area (Å²) >= 11 is 12.6. The highest BCUT2D eigenvalue weighted by Gasteiger charge is 2.61. The van der Waals surface area contributed by atoms with Crippen molar-refractivity contribution in [1.29, 1.82) is 0 Å². The largest absolute Gasteiger partial charge is 0.348 e. The summed E-state index contributed by atoms with van der Waals surface area (Å²) in [5.41, 5.74) is 2.55. The predicted octanol–water partition coefficient (Wildman–Crippen LogP) is 5.99. The molecular formula is C25H26Cl2N2O2. The maximum Gasteiger partial charge on any atom is 0.238 e. The first-order chi connectivity index (χ1) is 14.9. The lowest BCUT2D eigenvalue weighted by molar-refractivity contribution is -0.130. The number of fused-ring (bicyclic) bond motifs is 2. The van der Waals surface area contributed by atoms with Gasteiger partial charge in [-0.25, -0.2) is 0 Å². The Hall–Kier alpha value is -2.30. The topological polar surface area (TPSA) is 58.2 Å². The number of nitrogens with one attached hydrogen (secondary N) is 2. The van der Waals surface area contributed by atoms with Crippen LogP contribution in [0.5, 0.6) is 0 Å². The SMILES string of the molecule is C/C=C(/CCCC)[C@H]1NC(=O)C[C@@H](c2cccc(Cl)c2)[C@]12C(=O)Nc1cc(Cl)ccc12. The molecule has 2 amide bonds. The van der Waals surface area contributed by atoms with Crippen molar-refractivity contribution in [2.45, 2.75) is 56.9 Å². The molecule has 6 heteroatoms. The van der Waals surface area contributed by atoms with Crippen LogP contribution in [0.4, 0.5) is 5.69 Å². The molecule has 0 saturated carbocycles. The van der Waals surface area contributed by atoms with Crippen molar-refractivity contribution in [3.05, 3.63) is 75.3 Å². The van der Waals surface area contributed by atoms with Crippen LogP contribution in [-0.4, -0.2) is 17.9 Å². The van der Waals surface area contributed by atoms with E-state index in [4.69, 9.17) is 23.2 Å². The standard InChI is InChI=1S/C25H26Cl2N2O2/c1-3-5-7-15(4-2)23-25(19-11-10-18(27)13-21(19)28-24(25)31)20(14-22(30)29-23)16-8-6-9-17(26)12-16/h4,6,8-13,20,23H,3,5,7,14H2,1-2H3,(H,28,31)(H,29,30)/b15-4-/t20-,23+,25-/m0/s1. The zero-order chi connectivity index (χ0) is 22.2. The molecule has 1 fully saturated rings. The summed E-state index contributed by atoms with van der Waals surface area (Å²) in [7, 11) is 0. The van der Waals surface area contributed by atoms with Crippen molar-refractivity contribution < 1.29 is 9.59 Å². The Balaban J connectivity index is 1.97. The van der Waals surface area contributed by atoms with Gasteiger partial charge >= 0.3 is 0 Å². The quantitative estimate of drug-likeness (QED) is 0.542. The van der Waals surface area contributed by atoms with E-state index in [0.29, 0.717) is 15.7 Å². The molecule has 0 aromatic heterocycles. The Labute approximate surface area is 193 Å². The first kappa shape index (κ1) is 21.9. The minimum Gasteiger partial charge on any atom is -0.348 e. The monoisotopic (exact) mass is 456 g/mol. The van der Waals surface area contributed by atoms with E-state index < -0.39 is 11.5 Å². The summed E-state index contributed by atoms with van der Waals surface area (Å²) in [5.74, 6) is -0.536. The van der Waals surface area contributed by atoms with E-state index in [1.165, 1.54) is 0 Å². The molecule has 0 radical (unpaired) electrons. The average molecular weight is 457 g/mol. The van der Waals surface area contributed by atoms with Crippen molar-refractivity contribution in [1.82, 2.24) is 5.32 Å². The van der Waals surface area contributed by atoms with Crippen molar-refractivity contribution in [3.63, 3.8) is 0 Å². The van der Waals surface area contributed by atoms with Crippen LogP contribution >= 0.6 is 23.2 Å². The summed E-state index contributed by atoms with van der Waals surface area (Å²) < 4.78 is 0. The zero-order valence-electron chi connectivity index (χ0n) is 17.7. The smallest absolute Gasteiger partial charge is 0.238 e. The van der Waals surface area contributed by atoms with Gasteiger partial charge in [0.1, 0.15) is 5.41 Å². The number of amides is 2. The number of rotatable bonds is 5. The fourth-order valence-corrected chi connectivity index (χ4v) is 5.54. The van der Waals surface area contributed by atoms with Crippen molar-refractivity contribution in [3.8, 4) is 0 Å². The van der Waals surface area contributed by atoms with Gasteiger partial charge in [0.15, 0.2) is 0 Å². The summed E-state index contributed by atoms with van der Waals surface area (Å²) in [6.45, 7) is 4.11. The number of halogens is 2. The third-order valence-electron chi connectivity index (χ3n) is 6.56. The van der Waals surface area contributed by atoms with Gasteiger partial charge in [0.25, 0.3) is 0 Å². The molecule has 4 nitrogen and oxygen atoms in total. The number of allylic oxidation sites excluding steroid dienone is 1. The molecule has 0 bridgehead atoms. The van der Waals surface area contributed by atoms with Crippen LogP contribution in [0.25, 0.3) is 0 Å². The second-order valence-corrected chi connectivity index (χ2v) is 9.17. The number of hydrogen-bond donors (Lipinski definition) is 2. The van der Waals surface area contributed by atoms with Gasteiger partial charge in [-0.1, -0.05) is 66.4 Å². The van der Waals surface area contributed by atoms with E-state index in [9.17, 15) is 9.59 Å². The van der Waals surface area contributed by atoms with Gasteiger partial charge in [-0.2, -0.15) is 0 Å². The van der Waals surface area contributed by atoms with Crippen LogP contribution in [-0.2, 0) is 15.0 Å². The molecule has 0 aliphatic carbocycles. The van der Waals surface area contributed by atoms with Gasteiger partial charge in [0, 0.05) is 28.1 Å². The average Bonchev–Trinajstić information content (AvgIpc) is 3.02. The van der Waals surface area contributed by atoms with Crippen molar-refractivity contribution in [2.24, 2.45) is 0 Å². The van der Waals surface area contributed by atoms with E-state index in [1.807, 2.05) is 43.3 Å². The summed E-state index contributed by atoms with van der Waals surface area (Å²) in [6.07, 6.45) is 5.08. The highest BCUT2D eigenvalue weighted by Crippen LogP contribution is 2.54. The number of carbonyl (C=O) groups is 2. The lowest BCUT2D eigenvalue weighted by Crippen LogP contribution is -2.62. The van der Waals surface area contributed by atoms with Crippen LogP contribution < -0.4 is 10.6 Å². The summed E-state index contributed by atoms with van der Waals surface area (Å²) in [6, 6.07) is 12.6. The van der Waals surface area contributed by atoms with E-state index in [2.05, 4.69) is 17.6 Å². The normalized spacial score (nSPS) is 25.4. The fraction of sp³-hybridized carbons (Fsp3) is 0.360. The summed E-state index contributed by atoms with van der Waals surface area (Å²) in [4.78, 5) is 26.8. The predicted molar refractivity (Wildman–Crippen MR) is 126 cm³/mol.